The fourth-order valence-corrected chi connectivity index (χ4v) is 4.59. The first kappa shape index (κ1) is 28.3. The van der Waals surface area contributed by atoms with E-state index in [4.69, 9.17) is 18.9 Å². The molecule has 3 rings (SSSR count). The smallest absolute Gasteiger partial charge is 0.415 e. The van der Waals surface area contributed by atoms with E-state index in [0.29, 0.717) is 49.5 Å². The largest absolute Gasteiger partial charge is 0.493 e. The number of rotatable bonds is 13. The Hall–Kier alpha value is -3.26. The molecule has 1 N–H and O–H groups in total. The molecule has 1 aliphatic carbocycles. The molecular weight excluding hydrogens is 474 g/mol. The van der Waals surface area contributed by atoms with Gasteiger partial charge in [-0.25, -0.2) is 9.59 Å². The van der Waals surface area contributed by atoms with Crippen LogP contribution in [0.3, 0.4) is 0 Å². The first-order valence-electron chi connectivity index (χ1n) is 13.1. The highest BCUT2D eigenvalue weighted by molar-refractivity contribution is 5.73. The minimum absolute atomic E-state index is 0.285. The molecule has 202 valence electrons. The van der Waals surface area contributed by atoms with Gasteiger partial charge in [-0.1, -0.05) is 37.5 Å². The summed E-state index contributed by atoms with van der Waals surface area (Å²) < 4.78 is 22.3. The average Bonchev–Trinajstić information content (AvgIpc) is 2.89. The van der Waals surface area contributed by atoms with Crippen molar-refractivity contribution in [2.75, 3.05) is 33.4 Å². The molecule has 8 heteroatoms. The van der Waals surface area contributed by atoms with Crippen LogP contribution in [0.5, 0.6) is 17.2 Å². The lowest BCUT2D eigenvalue weighted by molar-refractivity contribution is -0.149. The van der Waals surface area contributed by atoms with Crippen molar-refractivity contribution in [3.63, 3.8) is 0 Å². The average molecular weight is 514 g/mol. The normalized spacial score (nSPS) is 14.6. The van der Waals surface area contributed by atoms with Crippen molar-refractivity contribution in [3.05, 3.63) is 53.6 Å². The van der Waals surface area contributed by atoms with Gasteiger partial charge in [0.05, 0.1) is 13.7 Å². The SMILES string of the molecule is CCOC(Cc1ccc(OCCN(CC2CCCCC2)C(=O)Oc2cc(C)ccc2OC)cc1)C(=O)O. The Bertz CT molecular complexity index is 1000. The lowest BCUT2D eigenvalue weighted by atomic mass is 9.89. The predicted molar refractivity (Wildman–Crippen MR) is 141 cm³/mol. The van der Waals surface area contributed by atoms with Crippen LogP contribution < -0.4 is 14.2 Å². The Labute approximate surface area is 219 Å². The molecule has 8 nitrogen and oxygen atoms in total. The van der Waals surface area contributed by atoms with Crippen LogP contribution in [0.4, 0.5) is 4.79 Å². The zero-order valence-electron chi connectivity index (χ0n) is 22.1. The highest BCUT2D eigenvalue weighted by Gasteiger charge is 2.24. The van der Waals surface area contributed by atoms with Crippen LogP contribution in [0.15, 0.2) is 42.5 Å². The number of methoxy groups -OCH3 is 1. The number of carboxylic acid groups (broad SMARTS) is 1. The molecule has 0 saturated heterocycles. The molecule has 1 aliphatic rings. The number of benzene rings is 2. The molecule has 0 heterocycles. The number of amides is 1. The summed E-state index contributed by atoms with van der Waals surface area (Å²) in [5, 5.41) is 9.29. The van der Waals surface area contributed by atoms with Crippen molar-refractivity contribution in [3.8, 4) is 17.2 Å². The monoisotopic (exact) mass is 513 g/mol. The second kappa shape index (κ2) is 14.5. The van der Waals surface area contributed by atoms with Crippen LogP contribution in [-0.4, -0.2) is 61.6 Å². The number of aliphatic carboxylic acids is 1. The van der Waals surface area contributed by atoms with Gasteiger partial charge in [0.25, 0.3) is 0 Å². The summed E-state index contributed by atoms with van der Waals surface area (Å²) in [5.41, 5.74) is 1.83. The molecule has 0 spiro atoms. The predicted octanol–water partition coefficient (Wildman–Crippen LogP) is 5.50. The van der Waals surface area contributed by atoms with Crippen molar-refractivity contribution in [2.45, 2.75) is 58.5 Å². The van der Waals surface area contributed by atoms with E-state index >= 15 is 0 Å². The van der Waals surface area contributed by atoms with Crippen molar-refractivity contribution < 1.29 is 33.6 Å². The molecule has 1 amide bonds. The summed E-state index contributed by atoms with van der Waals surface area (Å²) >= 11 is 0. The molecule has 0 bridgehead atoms. The Morgan fingerprint density at radius 2 is 1.78 bits per heavy atom. The number of hydrogen-bond donors (Lipinski definition) is 1. The van der Waals surface area contributed by atoms with E-state index in [2.05, 4.69) is 0 Å². The number of aryl methyl sites for hydroxylation is 1. The van der Waals surface area contributed by atoms with E-state index in [-0.39, 0.29) is 6.42 Å². The van der Waals surface area contributed by atoms with E-state index in [1.807, 2.05) is 37.3 Å². The molecular formula is C29H39NO7. The van der Waals surface area contributed by atoms with Gasteiger partial charge in [-0.05, 0) is 68.0 Å². The quantitative estimate of drug-likeness (QED) is 0.378. The number of carboxylic acids is 1. The van der Waals surface area contributed by atoms with Crippen molar-refractivity contribution in [1.29, 1.82) is 0 Å². The van der Waals surface area contributed by atoms with Crippen LogP contribution in [-0.2, 0) is 16.0 Å². The van der Waals surface area contributed by atoms with Gasteiger partial charge in [0.2, 0.25) is 0 Å². The Balaban J connectivity index is 1.60. The zero-order chi connectivity index (χ0) is 26.6. The highest BCUT2D eigenvalue weighted by atomic mass is 16.6. The van der Waals surface area contributed by atoms with Crippen molar-refractivity contribution in [2.24, 2.45) is 5.92 Å². The number of carbonyl (C=O) groups is 2. The highest BCUT2D eigenvalue weighted by Crippen LogP contribution is 2.29. The summed E-state index contributed by atoms with van der Waals surface area (Å²) in [4.78, 5) is 26.3. The second-order valence-corrected chi connectivity index (χ2v) is 9.45. The maximum absolute atomic E-state index is 13.2. The number of ether oxygens (including phenoxy) is 4. The summed E-state index contributed by atoms with van der Waals surface area (Å²) in [7, 11) is 1.56. The molecule has 0 aliphatic heterocycles. The molecule has 1 unspecified atom stereocenters. The molecule has 2 aromatic rings. The first-order valence-corrected chi connectivity index (χ1v) is 13.1. The van der Waals surface area contributed by atoms with Gasteiger partial charge < -0.3 is 29.0 Å². The fraction of sp³-hybridized carbons (Fsp3) is 0.517. The van der Waals surface area contributed by atoms with Gasteiger partial charge in [0.15, 0.2) is 17.6 Å². The molecule has 2 aromatic carbocycles. The minimum atomic E-state index is -0.976. The maximum atomic E-state index is 13.2. The van der Waals surface area contributed by atoms with Crippen LogP contribution >= 0.6 is 0 Å². The number of hydrogen-bond acceptors (Lipinski definition) is 6. The third-order valence-electron chi connectivity index (χ3n) is 6.60. The van der Waals surface area contributed by atoms with Crippen LogP contribution in [0.1, 0.15) is 50.2 Å². The van der Waals surface area contributed by atoms with E-state index in [1.54, 1.807) is 31.1 Å². The zero-order valence-corrected chi connectivity index (χ0v) is 22.1. The standard InChI is InChI=1S/C29H39NO7/c1-4-35-27(28(31)32)19-22-11-13-24(14-12-22)36-17-16-30(20-23-8-6-5-7-9-23)29(33)37-26-18-21(2)10-15-25(26)34-3/h10-15,18,23,27H,4-9,16-17,19-20H2,1-3H3,(H,31,32). The summed E-state index contributed by atoms with van der Waals surface area (Å²) in [5.74, 6) is 1.05. The van der Waals surface area contributed by atoms with E-state index in [0.717, 1.165) is 24.0 Å². The lowest BCUT2D eigenvalue weighted by Crippen LogP contribution is -2.40. The van der Waals surface area contributed by atoms with E-state index < -0.39 is 18.2 Å². The third-order valence-corrected chi connectivity index (χ3v) is 6.60. The molecule has 1 saturated carbocycles. The van der Waals surface area contributed by atoms with E-state index in [1.165, 1.54) is 19.3 Å². The van der Waals surface area contributed by atoms with Crippen molar-refractivity contribution in [1.82, 2.24) is 4.90 Å². The molecule has 0 aromatic heterocycles. The summed E-state index contributed by atoms with van der Waals surface area (Å²) in [6.45, 7) is 5.38. The van der Waals surface area contributed by atoms with Crippen LogP contribution in [0, 0.1) is 12.8 Å². The minimum Gasteiger partial charge on any atom is -0.493 e. The molecule has 37 heavy (non-hydrogen) atoms. The summed E-state index contributed by atoms with van der Waals surface area (Å²) in [6.07, 6.45) is 4.85. The summed E-state index contributed by atoms with van der Waals surface area (Å²) in [6, 6.07) is 12.8. The fourth-order valence-electron chi connectivity index (χ4n) is 4.59. The van der Waals surface area contributed by atoms with E-state index in [9.17, 15) is 14.7 Å². The molecule has 0 radical (unpaired) electrons. The van der Waals surface area contributed by atoms with Gasteiger partial charge in [-0.15, -0.1) is 0 Å². The topological polar surface area (TPSA) is 94.5 Å². The molecule has 1 atom stereocenters. The third kappa shape index (κ3) is 8.97. The Kier molecular flexibility index (Phi) is 11.1. The maximum Gasteiger partial charge on any atom is 0.415 e. The first-order chi connectivity index (χ1) is 17.9. The van der Waals surface area contributed by atoms with Crippen LogP contribution in [0.25, 0.3) is 0 Å². The van der Waals surface area contributed by atoms with Crippen LogP contribution in [0.2, 0.25) is 0 Å². The van der Waals surface area contributed by atoms with Gasteiger partial charge in [-0.3, -0.25) is 0 Å². The lowest BCUT2D eigenvalue weighted by Gasteiger charge is -2.29. The van der Waals surface area contributed by atoms with Crippen molar-refractivity contribution >= 4 is 12.1 Å². The van der Waals surface area contributed by atoms with Gasteiger partial charge in [-0.2, -0.15) is 0 Å². The number of carbonyl (C=O) groups excluding carboxylic acids is 1. The number of nitrogens with zero attached hydrogens (tertiary/aromatic N) is 1. The van der Waals surface area contributed by atoms with Gasteiger partial charge in [0, 0.05) is 19.6 Å². The van der Waals surface area contributed by atoms with Gasteiger partial charge in [0.1, 0.15) is 12.4 Å². The Morgan fingerprint density at radius 1 is 1.05 bits per heavy atom. The molecule has 1 fully saturated rings. The second-order valence-electron chi connectivity index (χ2n) is 9.45. The van der Waals surface area contributed by atoms with Gasteiger partial charge >= 0.3 is 12.1 Å². The Morgan fingerprint density at radius 3 is 2.43 bits per heavy atom.